The number of para-hydroxylation sites is 1. The van der Waals surface area contributed by atoms with Gasteiger partial charge in [-0.3, -0.25) is 4.68 Å². The predicted molar refractivity (Wildman–Crippen MR) is 160 cm³/mol. The van der Waals surface area contributed by atoms with Crippen LogP contribution in [0.2, 0.25) is 0 Å². The molecule has 3 heterocycles. The van der Waals surface area contributed by atoms with Gasteiger partial charge in [0.05, 0.1) is 11.9 Å². The summed E-state index contributed by atoms with van der Waals surface area (Å²) in [5.74, 6) is 8.22. The molecule has 2 fully saturated rings. The number of aromatic nitrogens is 4. The van der Waals surface area contributed by atoms with Crippen LogP contribution in [0.5, 0.6) is 5.75 Å². The fourth-order valence-corrected chi connectivity index (χ4v) is 5.67. The minimum Gasteiger partial charge on any atom is -0.467 e. The van der Waals surface area contributed by atoms with E-state index in [4.69, 9.17) is 19.9 Å². The maximum absolute atomic E-state index is 12.4. The van der Waals surface area contributed by atoms with Gasteiger partial charge in [-0.05, 0) is 77.0 Å². The normalized spacial score (nSPS) is 17.2. The minimum atomic E-state index is -0.466. The van der Waals surface area contributed by atoms with Crippen molar-refractivity contribution in [1.29, 1.82) is 0 Å². The van der Waals surface area contributed by atoms with Crippen LogP contribution in [0.15, 0.2) is 42.7 Å². The molecule has 1 amide bonds. The van der Waals surface area contributed by atoms with Crippen LogP contribution in [0.1, 0.15) is 59.4 Å². The summed E-state index contributed by atoms with van der Waals surface area (Å²) in [5.41, 5.74) is 9.08. The Bertz CT molecular complexity index is 1470. The zero-order valence-electron chi connectivity index (χ0n) is 25.1. The van der Waals surface area contributed by atoms with Gasteiger partial charge in [0.25, 0.3) is 0 Å². The number of benzene rings is 1. The summed E-state index contributed by atoms with van der Waals surface area (Å²) in [6.45, 7) is 9.39. The van der Waals surface area contributed by atoms with Crippen LogP contribution >= 0.6 is 0 Å². The zero-order chi connectivity index (χ0) is 29.9. The molecule has 5 rings (SSSR count). The van der Waals surface area contributed by atoms with Crippen LogP contribution in [0.25, 0.3) is 22.4 Å². The molecule has 1 aliphatic carbocycles. The number of hydrogen-bond donors (Lipinski definition) is 1. The van der Waals surface area contributed by atoms with E-state index in [9.17, 15) is 4.79 Å². The Morgan fingerprint density at radius 1 is 1.17 bits per heavy atom. The first kappa shape index (κ1) is 29.4. The summed E-state index contributed by atoms with van der Waals surface area (Å²) >= 11 is 0. The number of piperidine rings is 1. The number of rotatable bonds is 6. The van der Waals surface area contributed by atoms with Gasteiger partial charge in [0, 0.05) is 49.0 Å². The van der Waals surface area contributed by atoms with E-state index in [-0.39, 0.29) is 18.9 Å². The molecule has 42 heavy (non-hydrogen) atoms. The number of likely N-dealkylation sites (tertiary alicyclic amines) is 1. The van der Waals surface area contributed by atoms with Gasteiger partial charge in [0.15, 0.2) is 12.6 Å². The molecule has 0 bridgehead atoms. The number of hydrogen-bond acceptors (Lipinski definition) is 8. The first-order valence-corrected chi connectivity index (χ1v) is 14.4. The largest absolute Gasteiger partial charge is 0.467 e. The molecule has 1 saturated carbocycles. The highest BCUT2D eigenvalue weighted by Crippen LogP contribution is 2.52. The Morgan fingerprint density at radius 2 is 1.90 bits per heavy atom. The molecule has 2 N–H and O–H groups in total. The third-order valence-corrected chi connectivity index (χ3v) is 7.96. The predicted octanol–water partition coefficient (Wildman–Crippen LogP) is 5.56. The number of anilines is 1. The molecule has 1 aromatic carbocycles. The lowest BCUT2D eigenvalue weighted by molar-refractivity contribution is -0.0157. The van der Waals surface area contributed by atoms with Gasteiger partial charge < -0.3 is 24.8 Å². The summed E-state index contributed by atoms with van der Waals surface area (Å²) in [6.07, 6.45) is 7.69. The average molecular weight is 573 g/mol. The van der Waals surface area contributed by atoms with Crippen LogP contribution in [-0.4, -0.2) is 63.6 Å². The lowest BCUT2D eigenvalue weighted by Gasteiger charge is -2.50. The molecule has 10 heteroatoms. The van der Waals surface area contributed by atoms with E-state index in [1.54, 1.807) is 13.3 Å². The van der Waals surface area contributed by atoms with E-state index >= 15 is 0 Å². The lowest BCUT2D eigenvalue weighted by atomic mass is 9.58. The number of carbonyl (C=O) groups excluding carboxylic acids is 1. The van der Waals surface area contributed by atoms with E-state index in [1.807, 2.05) is 73.8 Å². The van der Waals surface area contributed by atoms with Gasteiger partial charge in [0.2, 0.25) is 0 Å². The fraction of sp³-hybridized carbons (Fsp3) is 0.500. The molecule has 2 aliphatic rings. The number of nitrogens with two attached hydrogens (primary N) is 1. The Balaban J connectivity index is 1.20. The van der Waals surface area contributed by atoms with E-state index in [1.165, 1.54) is 0 Å². The zero-order valence-corrected chi connectivity index (χ0v) is 25.1. The highest BCUT2D eigenvalue weighted by molar-refractivity contribution is 5.78. The Hall–Kier alpha value is -4.10. The topological polar surface area (TPSA) is 118 Å². The van der Waals surface area contributed by atoms with Gasteiger partial charge in [-0.1, -0.05) is 24.0 Å². The number of ether oxygens (including phenoxy) is 3. The highest BCUT2D eigenvalue weighted by Gasteiger charge is 2.46. The van der Waals surface area contributed by atoms with Crippen LogP contribution in [0.4, 0.5) is 10.6 Å². The average Bonchev–Trinajstić information content (AvgIpc) is 3.44. The highest BCUT2D eigenvalue weighted by atomic mass is 16.7. The quantitative estimate of drug-likeness (QED) is 0.301. The summed E-state index contributed by atoms with van der Waals surface area (Å²) in [6, 6.07) is 9.40. The monoisotopic (exact) mass is 572 g/mol. The molecule has 1 unspecified atom stereocenters. The smallest absolute Gasteiger partial charge is 0.410 e. The van der Waals surface area contributed by atoms with Gasteiger partial charge in [-0.2, -0.15) is 5.10 Å². The second-order valence-corrected chi connectivity index (χ2v) is 12.3. The number of amides is 1. The van der Waals surface area contributed by atoms with E-state index in [0.29, 0.717) is 28.6 Å². The third kappa shape index (κ3) is 6.68. The number of nitrogens with zero attached hydrogens (tertiary/aromatic N) is 5. The summed E-state index contributed by atoms with van der Waals surface area (Å²) in [5, 5.41) is 13.1. The van der Waals surface area contributed by atoms with Crippen molar-refractivity contribution in [3.8, 4) is 40.0 Å². The van der Waals surface area contributed by atoms with Crippen molar-refractivity contribution < 1.29 is 19.0 Å². The van der Waals surface area contributed by atoms with Crippen molar-refractivity contribution in [3.63, 3.8) is 0 Å². The molecule has 0 radical (unpaired) electrons. The van der Waals surface area contributed by atoms with Gasteiger partial charge >= 0.3 is 6.09 Å². The summed E-state index contributed by atoms with van der Waals surface area (Å²) in [4.78, 5) is 14.2. The first-order valence-electron chi connectivity index (χ1n) is 14.4. The van der Waals surface area contributed by atoms with E-state index < -0.39 is 5.60 Å². The molecule has 1 aliphatic heterocycles. The maximum atomic E-state index is 12.4. The van der Waals surface area contributed by atoms with E-state index in [0.717, 1.165) is 55.5 Å². The molecule has 1 spiro atoms. The van der Waals surface area contributed by atoms with Gasteiger partial charge in [-0.15, -0.1) is 10.2 Å². The molecule has 222 valence electrons. The fourth-order valence-electron chi connectivity index (χ4n) is 5.67. The molecule has 2 aromatic heterocycles. The molecule has 10 nitrogen and oxygen atoms in total. The third-order valence-electron chi connectivity index (χ3n) is 7.96. The Labute approximate surface area is 247 Å². The van der Waals surface area contributed by atoms with Crippen LogP contribution in [-0.2, 0) is 9.47 Å². The second kappa shape index (κ2) is 12.0. The first-order chi connectivity index (χ1) is 20.1. The number of carbonyl (C=O) groups is 1. The van der Waals surface area contributed by atoms with Crippen molar-refractivity contribution in [1.82, 2.24) is 24.9 Å². The van der Waals surface area contributed by atoms with Crippen LogP contribution in [0.3, 0.4) is 0 Å². The van der Waals surface area contributed by atoms with Crippen LogP contribution in [0, 0.1) is 23.2 Å². The molecule has 3 aromatic rings. The van der Waals surface area contributed by atoms with E-state index in [2.05, 4.69) is 27.1 Å². The molecular weight excluding hydrogens is 532 g/mol. The van der Waals surface area contributed by atoms with Crippen molar-refractivity contribution in [2.75, 3.05) is 32.7 Å². The van der Waals surface area contributed by atoms with Crippen molar-refractivity contribution in [3.05, 3.63) is 42.7 Å². The summed E-state index contributed by atoms with van der Waals surface area (Å²) < 4.78 is 18.2. The second-order valence-electron chi connectivity index (χ2n) is 12.3. The van der Waals surface area contributed by atoms with Crippen LogP contribution < -0.4 is 10.5 Å². The summed E-state index contributed by atoms with van der Waals surface area (Å²) in [7, 11) is 1.58. The van der Waals surface area contributed by atoms with Crippen molar-refractivity contribution in [2.45, 2.75) is 65.0 Å². The Morgan fingerprint density at radius 3 is 2.62 bits per heavy atom. The standard InChI is InChI=1S/C32H40N6O4/c1-22(10-11-23-17-32(18-23)12-14-37(15-13-32)30(39)42-31(2,3)4)38-20-24(19-34-38)26-16-27(35-36-29(26)33)25-8-6-7-9-28(25)41-21-40-5/h6-9,16,19-20,22-23H,12-15,17-18,21H2,1-5H3,(H2,33,36). The minimum absolute atomic E-state index is 0.0945. The van der Waals surface area contributed by atoms with Crippen molar-refractivity contribution >= 4 is 11.9 Å². The number of methoxy groups -OCH3 is 1. The van der Waals surface area contributed by atoms with Gasteiger partial charge in [0.1, 0.15) is 17.4 Å². The molecular formula is C32H40N6O4. The van der Waals surface area contributed by atoms with Gasteiger partial charge in [-0.25, -0.2) is 4.79 Å². The van der Waals surface area contributed by atoms with Crippen molar-refractivity contribution in [2.24, 2.45) is 11.3 Å². The maximum Gasteiger partial charge on any atom is 0.410 e. The Kier molecular flexibility index (Phi) is 8.41. The SMILES string of the molecule is COCOc1ccccc1-c1cc(-c2cnn(C(C)C#CC3CC4(CCN(C(=O)OC(C)(C)C)CC4)C3)c2)c(N)nn1. The molecule has 1 atom stereocenters. The lowest BCUT2D eigenvalue weighted by Crippen LogP contribution is -2.49. The number of nitrogen functional groups attached to an aromatic ring is 1. The molecule has 1 saturated heterocycles.